The van der Waals surface area contributed by atoms with E-state index in [1.54, 1.807) is 6.07 Å². The number of nitrogens with two attached hydrogens (primary N) is 1. The van der Waals surface area contributed by atoms with Gasteiger partial charge in [-0.25, -0.2) is 12.8 Å². The monoisotopic (exact) mass is 259 g/mol. The summed E-state index contributed by atoms with van der Waals surface area (Å²) in [5.41, 5.74) is 6.26. The highest BCUT2D eigenvalue weighted by atomic mass is 32.2. The molecule has 3 nitrogen and oxygen atoms in total. The van der Waals surface area contributed by atoms with E-state index in [0.29, 0.717) is 12.0 Å². The highest BCUT2D eigenvalue weighted by Gasteiger charge is 2.14. The van der Waals surface area contributed by atoms with Crippen LogP contribution in [0.4, 0.5) is 4.39 Å². The van der Waals surface area contributed by atoms with Crippen LogP contribution in [0.25, 0.3) is 0 Å². The molecule has 5 heteroatoms. The van der Waals surface area contributed by atoms with E-state index in [2.05, 4.69) is 0 Å². The van der Waals surface area contributed by atoms with Gasteiger partial charge in [-0.05, 0) is 18.1 Å². The lowest BCUT2D eigenvalue weighted by Crippen LogP contribution is -2.10. The molecule has 1 aromatic rings. The van der Waals surface area contributed by atoms with Crippen molar-refractivity contribution in [3.63, 3.8) is 0 Å². The zero-order valence-corrected chi connectivity index (χ0v) is 10.8. The Morgan fingerprint density at radius 2 is 2.06 bits per heavy atom. The average Bonchev–Trinajstić information content (AvgIpc) is 2.29. The van der Waals surface area contributed by atoms with Crippen molar-refractivity contribution >= 4 is 9.84 Å². The highest BCUT2D eigenvalue weighted by Crippen LogP contribution is 2.14. The number of unbranched alkanes of at least 4 members (excludes halogenated alkanes) is 1. The van der Waals surface area contributed by atoms with Crippen LogP contribution in [0.1, 0.15) is 30.9 Å². The van der Waals surface area contributed by atoms with Crippen molar-refractivity contribution in [3.8, 4) is 0 Å². The Labute approximate surface area is 102 Å². The fraction of sp³-hybridized carbons (Fsp3) is 0.500. The van der Waals surface area contributed by atoms with Crippen LogP contribution in [-0.4, -0.2) is 14.2 Å². The van der Waals surface area contributed by atoms with Crippen molar-refractivity contribution in [3.05, 3.63) is 35.1 Å². The molecule has 0 aliphatic rings. The van der Waals surface area contributed by atoms with Gasteiger partial charge in [0.25, 0.3) is 0 Å². The summed E-state index contributed by atoms with van der Waals surface area (Å²) in [7, 11) is -3.21. The Hall–Kier alpha value is -0.940. The second-order valence-electron chi connectivity index (χ2n) is 4.08. The van der Waals surface area contributed by atoms with Crippen LogP contribution in [0.3, 0.4) is 0 Å². The molecule has 0 atom stereocenters. The molecule has 0 aliphatic carbocycles. The van der Waals surface area contributed by atoms with Gasteiger partial charge >= 0.3 is 0 Å². The third-order valence-corrected chi connectivity index (χ3v) is 4.20. The van der Waals surface area contributed by atoms with E-state index in [-0.39, 0.29) is 23.6 Å². The smallest absolute Gasteiger partial charge is 0.154 e. The van der Waals surface area contributed by atoms with E-state index in [4.69, 9.17) is 5.73 Å². The predicted octanol–water partition coefficient (Wildman–Crippen LogP) is 2.00. The zero-order chi connectivity index (χ0) is 12.9. The minimum absolute atomic E-state index is 0.113. The molecule has 0 saturated carbocycles. The van der Waals surface area contributed by atoms with Crippen LogP contribution in [0, 0.1) is 5.82 Å². The number of halogens is 1. The van der Waals surface area contributed by atoms with Crippen LogP contribution in [0.15, 0.2) is 18.2 Å². The maximum absolute atomic E-state index is 13.6. The molecule has 0 aliphatic heterocycles. The molecule has 0 amide bonds. The van der Waals surface area contributed by atoms with Crippen molar-refractivity contribution < 1.29 is 12.8 Å². The van der Waals surface area contributed by atoms with Gasteiger partial charge in [0.05, 0.1) is 11.5 Å². The Kier molecular flexibility index (Phi) is 5.08. The minimum atomic E-state index is -3.21. The first-order valence-corrected chi connectivity index (χ1v) is 7.48. The van der Waals surface area contributed by atoms with E-state index in [0.717, 1.165) is 6.42 Å². The SMILES string of the molecule is CCCCS(=O)(=O)Cc1ccc(CN)cc1F. The molecular weight excluding hydrogens is 241 g/mol. The topological polar surface area (TPSA) is 60.2 Å². The summed E-state index contributed by atoms with van der Waals surface area (Å²) in [5, 5.41) is 0. The number of hydrogen-bond acceptors (Lipinski definition) is 3. The van der Waals surface area contributed by atoms with Crippen LogP contribution < -0.4 is 5.73 Å². The molecule has 96 valence electrons. The number of hydrogen-bond donors (Lipinski definition) is 1. The molecule has 17 heavy (non-hydrogen) atoms. The molecular formula is C12H18FNO2S. The summed E-state index contributed by atoms with van der Waals surface area (Å²) < 4.78 is 36.9. The second kappa shape index (κ2) is 6.12. The zero-order valence-electron chi connectivity index (χ0n) is 9.95. The molecule has 1 aromatic carbocycles. The lowest BCUT2D eigenvalue weighted by atomic mass is 10.1. The summed E-state index contributed by atoms with van der Waals surface area (Å²) in [6.07, 6.45) is 1.43. The Balaban J connectivity index is 2.81. The first-order valence-electron chi connectivity index (χ1n) is 5.66. The molecule has 2 N–H and O–H groups in total. The van der Waals surface area contributed by atoms with Crippen LogP contribution in [-0.2, 0) is 22.1 Å². The van der Waals surface area contributed by atoms with Crippen LogP contribution in [0.5, 0.6) is 0 Å². The maximum Gasteiger partial charge on any atom is 0.154 e. The van der Waals surface area contributed by atoms with E-state index in [1.165, 1.54) is 12.1 Å². The lowest BCUT2D eigenvalue weighted by Gasteiger charge is -2.06. The predicted molar refractivity (Wildman–Crippen MR) is 66.7 cm³/mol. The van der Waals surface area contributed by atoms with E-state index < -0.39 is 15.7 Å². The van der Waals surface area contributed by atoms with Crippen molar-refractivity contribution in [2.75, 3.05) is 5.75 Å². The Morgan fingerprint density at radius 3 is 2.59 bits per heavy atom. The minimum Gasteiger partial charge on any atom is -0.326 e. The van der Waals surface area contributed by atoms with Gasteiger partial charge in [-0.3, -0.25) is 0 Å². The lowest BCUT2D eigenvalue weighted by molar-refractivity contribution is 0.584. The third kappa shape index (κ3) is 4.44. The van der Waals surface area contributed by atoms with Gasteiger partial charge in [0.2, 0.25) is 0 Å². The van der Waals surface area contributed by atoms with E-state index in [9.17, 15) is 12.8 Å². The third-order valence-electron chi connectivity index (χ3n) is 2.54. The molecule has 0 spiro atoms. The highest BCUT2D eigenvalue weighted by molar-refractivity contribution is 7.90. The van der Waals surface area contributed by atoms with Crippen LogP contribution in [0.2, 0.25) is 0 Å². The summed E-state index contributed by atoms with van der Waals surface area (Å²) >= 11 is 0. The summed E-state index contributed by atoms with van der Waals surface area (Å²) in [6.45, 7) is 2.17. The molecule has 1 rings (SSSR count). The average molecular weight is 259 g/mol. The molecule has 0 heterocycles. The molecule has 0 unspecified atom stereocenters. The molecule has 0 saturated heterocycles. The molecule has 0 radical (unpaired) electrons. The molecule has 0 bridgehead atoms. The maximum atomic E-state index is 13.6. The van der Waals surface area contributed by atoms with Gasteiger partial charge in [0.1, 0.15) is 5.82 Å². The largest absolute Gasteiger partial charge is 0.326 e. The number of benzene rings is 1. The van der Waals surface area contributed by atoms with Gasteiger partial charge in [-0.15, -0.1) is 0 Å². The summed E-state index contributed by atoms with van der Waals surface area (Å²) in [5.74, 6) is -0.612. The first kappa shape index (κ1) is 14.1. The van der Waals surface area contributed by atoms with Crippen LogP contribution >= 0.6 is 0 Å². The Morgan fingerprint density at radius 1 is 1.35 bits per heavy atom. The van der Waals surface area contributed by atoms with Crippen molar-refractivity contribution in [1.82, 2.24) is 0 Å². The molecule has 0 fully saturated rings. The van der Waals surface area contributed by atoms with Gasteiger partial charge in [0, 0.05) is 12.1 Å². The number of rotatable bonds is 6. The van der Waals surface area contributed by atoms with Gasteiger partial charge in [-0.2, -0.15) is 0 Å². The quantitative estimate of drug-likeness (QED) is 0.850. The van der Waals surface area contributed by atoms with Gasteiger partial charge in [-0.1, -0.05) is 25.5 Å². The number of sulfone groups is 1. The summed E-state index contributed by atoms with van der Waals surface area (Å²) in [4.78, 5) is 0. The standard InChI is InChI=1S/C12H18FNO2S/c1-2-3-6-17(15,16)9-11-5-4-10(8-14)7-12(11)13/h4-5,7H,2-3,6,8-9,14H2,1H3. The fourth-order valence-corrected chi connectivity index (χ4v) is 3.09. The first-order chi connectivity index (χ1) is 7.98. The fourth-order valence-electron chi connectivity index (χ4n) is 1.51. The van der Waals surface area contributed by atoms with Gasteiger partial charge < -0.3 is 5.73 Å². The second-order valence-corrected chi connectivity index (χ2v) is 6.26. The van der Waals surface area contributed by atoms with E-state index in [1.807, 2.05) is 6.92 Å². The Bertz CT molecular complexity index is 471. The van der Waals surface area contributed by atoms with E-state index >= 15 is 0 Å². The van der Waals surface area contributed by atoms with Crippen molar-refractivity contribution in [1.29, 1.82) is 0 Å². The van der Waals surface area contributed by atoms with Crippen molar-refractivity contribution in [2.24, 2.45) is 5.73 Å². The van der Waals surface area contributed by atoms with Crippen molar-refractivity contribution in [2.45, 2.75) is 32.1 Å². The normalized spacial score (nSPS) is 11.7. The van der Waals surface area contributed by atoms with Gasteiger partial charge in [0.15, 0.2) is 9.84 Å². The summed E-state index contributed by atoms with van der Waals surface area (Å²) in [6, 6.07) is 4.46. The molecule has 0 aromatic heterocycles.